The molecule has 0 unspecified atom stereocenters. The van der Waals surface area contributed by atoms with Crippen LogP contribution in [0.4, 0.5) is 65.9 Å². The van der Waals surface area contributed by atoms with Crippen LogP contribution in [0.5, 0.6) is 0 Å². The lowest BCUT2D eigenvalue weighted by atomic mass is 10.2. The average molecular weight is 562 g/mol. The molecule has 0 rings (SSSR count). The maximum absolute atomic E-state index is 12.8. The quantitative estimate of drug-likeness (QED) is 0.115. The summed E-state index contributed by atoms with van der Waals surface area (Å²) < 4.78 is 199. The van der Waals surface area contributed by atoms with Gasteiger partial charge in [-0.25, -0.2) is 0 Å². The number of halogens is 15. The minimum atomic E-state index is -5.88. The first-order valence-corrected chi connectivity index (χ1v) is 10.2. The Kier molecular flexibility index (Phi) is 12.2. The molecule has 0 amide bonds. The van der Waals surface area contributed by atoms with Crippen LogP contribution < -0.4 is 0 Å². The van der Waals surface area contributed by atoms with Gasteiger partial charge in [0.15, 0.2) is 0 Å². The van der Waals surface area contributed by atoms with Gasteiger partial charge in [-0.3, -0.25) is 0 Å². The Morgan fingerprint density at radius 2 is 0.588 bits per heavy atom. The summed E-state index contributed by atoms with van der Waals surface area (Å²) in [4.78, 5) is 0. The molecule has 0 bridgehead atoms. The van der Waals surface area contributed by atoms with Crippen molar-refractivity contribution in [3.8, 4) is 0 Å². The van der Waals surface area contributed by atoms with Crippen molar-refractivity contribution >= 4 is 8.60 Å². The van der Waals surface area contributed by atoms with Crippen molar-refractivity contribution in [3.05, 3.63) is 0 Å². The molecule has 34 heavy (non-hydrogen) atoms. The van der Waals surface area contributed by atoms with Crippen molar-refractivity contribution < 1.29 is 79.4 Å². The fourth-order valence-electron chi connectivity index (χ4n) is 1.84. The van der Waals surface area contributed by atoms with Crippen molar-refractivity contribution in [2.75, 3.05) is 19.8 Å². The molecule has 0 fully saturated rings. The van der Waals surface area contributed by atoms with E-state index in [1.54, 1.807) is 0 Å². The summed E-state index contributed by atoms with van der Waals surface area (Å²) in [7, 11) is -2.87. The van der Waals surface area contributed by atoms with E-state index in [4.69, 9.17) is 0 Å². The maximum Gasteiger partial charge on any atom is 0.453 e. The molecule has 19 heteroatoms. The van der Waals surface area contributed by atoms with Gasteiger partial charge < -0.3 is 13.6 Å². The van der Waals surface area contributed by atoms with Crippen molar-refractivity contribution in [2.24, 2.45) is 0 Å². The van der Waals surface area contributed by atoms with E-state index in [-0.39, 0.29) is 0 Å². The third-order valence-electron chi connectivity index (χ3n) is 3.74. The number of hydrogen-bond donors (Lipinski definition) is 0. The van der Waals surface area contributed by atoms with E-state index in [1.807, 2.05) is 0 Å². The third kappa shape index (κ3) is 11.3. The third-order valence-corrected chi connectivity index (χ3v) is 4.92. The Labute approximate surface area is 183 Å². The first-order chi connectivity index (χ1) is 15.0. The summed E-state index contributed by atoms with van der Waals surface area (Å²) in [6.07, 6.45) is -25.9. The molecule has 0 N–H and O–H groups in total. The molecule has 0 atom stereocenters. The van der Waals surface area contributed by atoms with Gasteiger partial charge in [-0.05, 0) is 19.3 Å². The highest BCUT2D eigenvalue weighted by atomic mass is 31.2. The highest BCUT2D eigenvalue weighted by Crippen LogP contribution is 2.44. The van der Waals surface area contributed by atoms with E-state index >= 15 is 0 Å². The van der Waals surface area contributed by atoms with Gasteiger partial charge in [-0.15, -0.1) is 0 Å². The van der Waals surface area contributed by atoms with E-state index in [9.17, 15) is 65.9 Å². The van der Waals surface area contributed by atoms with Crippen LogP contribution in [-0.2, 0) is 13.6 Å². The molecule has 0 saturated carbocycles. The summed E-state index contributed by atoms with van der Waals surface area (Å²) >= 11 is 0. The van der Waals surface area contributed by atoms with Crippen molar-refractivity contribution in [2.45, 2.75) is 74.8 Å². The zero-order valence-corrected chi connectivity index (χ0v) is 17.6. The molecule has 0 aromatic carbocycles. The summed E-state index contributed by atoms with van der Waals surface area (Å²) in [5, 5.41) is 0. The predicted molar refractivity (Wildman–Crippen MR) is 85.5 cm³/mol. The van der Waals surface area contributed by atoms with Gasteiger partial charge in [0.25, 0.3) is 0 Å². The summed E-state index contributed by atoms with van der Waals surface area (Å²) in [5.74, 6) is -15.3. The van der Waals surface area contributed by atoms with Crippen LogP contribution in [0.25, 0.3) is 0 Å². The predicted octanol–water partition coefficient (Wildman–Crippen LogP) is 8.20. The first-order valence-electron chi connectivity index (χ1n) is 9.06. The van der Waals surface area contributed by atoms with Crippen LogP contribution in [0.2, 0.25) is 0 Å². The molecule has 206 valence electrons. The SMILES string of the molecule is FC(F)(F)C(F)(F)CCCOP(OCCCC(F)(F)C(F)(F)F)OCCCC(F)(F)C(F)(F)F. The van der Waals surface area contributed by atoms with E-state index in [0.717, 1.165) is 0 Å². The van der Waals surface area contributed by atoms with Crippen LogP contribution >= 0.6 is 8.60 Å². The van der Waals surface area contributed by atoms with Crippen LogP contribution in [0, 0.1) is 0 Å². The van der Waals surface area contributed by atoms with Gasteiger partial charge in [0, 0.05) is 19.3 Å². The standard InChI is InChI=1S/C15H18F15O3P/c16-10(17,13(22,23)24)4-1-7-31-34(32-8-2-5-11(18,19)14(25,26)27)33-9-3-6-12(20,21)15(28,29)30/h1-9H2. The number of hydrogen-bond acceptors (Lipinski definition) is 3. The van der Waals surface area contributed by atoms with Gasteiger partial charge in [0.05, 0.1) is 19.8 Å². The number of alkyl halides is 15. The van der Waals surface area contributed by atoms with Crippen LogP contribution in [0.3, 0.4) is 0 Å². The minimum Gasteiger partial charge on any atom is -0.312 e. The Hall–Kier alpha value is -0.740. The van der Waals surface area contributed by atoms with Gasteiger partial charge >= 0.3 is 44.9 Å². The largest absolute Gasteiger partial charge is 0.453 e. The second-order valence-corrected chi connectivity index (χ2v) is 7.86. The second-order valence-electron chi connectivity index (χ2n) is 6.64. The summed E-state index contributed by atoms with van der Waals surface area (Å²) in [5.41, 5.74) is 0. The second kappa shape index (κ2) is 12.5. The molecule has 0 aromatic rings. The number of rotatable bonds is 15. The maximum atomic E-state index is 12.8. The zero-order chi connectivity index (χ0) is 27.1. The van der Waals surface area contributed by atoms with Crippen molar-refractivity contribution in [1.82, 2.24) is 0 Å². The van der Waals surface area contributed by atoms with E-state index in [2.05, 4.69) is 13.6 Å². The summed E-state index contributed by atoms with van der Waals surface area (Å²) in [6, 6.07) is 0. The average Bonchev–Trinajstić information content (AvgIpc) is 2.62. The minimum absolute atomic E-state index is 0.936. The molecule has 0 saturated heterocycles. The Bertz CT molecular complexity index is 508. The highest BCUT2D eigenvalue weighted by molar-refractivity contribution is 7.41. The van der Waals surface area contributed by atoms with Crippen LogP contribution in [-0.4, -0.2) is 56.1 Å². The van der Waals surface area contributed by atoms with E-state index in [0.29, 0.717) is 0 Å². The Morgan fingerprint density at radius 1 is 0.382 bits per heavy atom. The highest BCUT2D eigenvalue weighted by Gasteiger charge is 2.58. The molecule has 0 aromatic heterocycles. The molecule has 3 nitrogen and oxygen atoms in total. The molecule has 0 aliphatic carbocycles. The smallest absolute Gasteiger partial charge is 0.312 e. The lowest BCUT2D eigenvalue weighted by Crippen LogP contribution is -2.36. The Balaban J connectivity index is 4.74. The molecule has 0 aliphatic rings. The lowest BCUT2D eigenvalue weighted by Gasteiger charge is -2.22. The molecule has 0 radical (unpaired) electrons. The van der Waals surface area contributed by atoms with E-state index in [1.165, 1.54) is 0 Å². The van der Waals surface area contributed by atoms with Crippen LogP contribution in [0.1, 0.15) is 38.5 Å². The molecule has 0 aliphatic heterocycles. The monoisotopic (exact) mass is 562 g/mol. The Morgan fingerprint density at radius 3 is 0.765 bits per heavy atom. The topological polar surface area (TPSA) is 27.7 Å². The van der Waals surface area contributed by atoms with Crippen molar-refractivity contribution in [1.29, 1.82) is 0 Å². The molecule has 0 spiro atoms. The molecule has 0 heterocycles. The molecular formula is C15H18F15O3P. The van der Waals surface area contributed by atoms with Gasteiger partial charge in [-0.2, -0.15) is 65.9 Å². The summed E-state index contributed by atoms with van der Waals surface area (Å²) in [6.45, 7) is -2.81. The van der Waals surface area contributed by atoms with Gasteiger partial charge in [0.2, 0.25) is 0 Å². The first kappa shape index (κ1) is 33.3. The van der Waals surface area contributed by atoms with Gasteiger partial charge in [0.1, 0.15) is 0 Å². The zero-order valence-electron chi connectivity index (χ0n) is 16.7. The fourth-order valence-corrected chi connectivity index (χ4v) is 2.89. The van der Waals surface area contributed by atoms with E-state index < -0.39 is 103 Å². The van der Waals surface area contributed by atoms with Gasteiger partial charge in [-0.1, -0.05) is 0 Å². The normalized spacial score (nSPS) is 14.8. The van der Waals surface area contributed by atoms with Crippen molar-refractivity contribution in [3.63, 3.8) is 0 Å². The molecular weight excluding hydrogens is 544 g/mol. The lowest BCUT2D eigenvalue weighted by molar-refractivity contribution is -0.285. The fraction of sp³-hybridized carbons (Fsp3) is 1.00. The van der Waals surface area contributed by atoms with Crippen LogP contribution in [0.15, 0.2) is 0 Å².